The Kier molecular flexibility index (Phi) is 3.56. The van der Waals surface area contributed by atoms with Crippen LogP contribution >= 0.6 is 34.5 Å². The van der Waals surface area contributed by atoms with Gasteiger partial charge in [0.1, 0.15) is 5.38 Å². The quantitative estimate of drug-likeness (QED) is 0.854. The fraction of sp³-hybridized carbons (Fsp3) is 0.273. The molecule has 0 saturated carbocycles. The molecule has 1 amide bonds. The molecule has 1 N–H and O–H groups in total. The van der Waals surface area contributed by atoms with Gasteiger partial charge in [0, 0.05) is 5.02 Å². The Balaban J connectivity index is 2.35. The van der Waals surface area contributed by atoms with E-state index in [1.165, 1.54) is 11.3 Å². The fourth-order valence-corrected chi connectivity index (χ4v) is 2.47. The number of carbonyl (C=O) groups excluding carboxylic acids is 1. The maximum Gasteiger partial charge on any atom is 0.243 e. The van der Waals surface area contributed by atoms with Crippen molar-refractivity contribution in [2.24, 2.45) is 0 Å². The number of alkyl halides is 1. The summed E-state index contributed by atoms with van der Waals surface area (Å²) in [6.45, 7) is 3.55. The van der Waals surface area contributed by atoms with Crippen LogP contribution < -0.4 is 5.32 Å². The second kappa shape index (κ2) is 4.80. The summed E-state index contributed by atoms with van der Waals surface area (Å²) in [6.07, 6.45) is 0. The van der Waals surface area contributed by atoms with Crippen LogP contribution in [0.4, 0.5) is 5.13 Å². The predicted molar refractivity (Wildman–Crippen MR) is 73.3 cm³/mol. The van der Waals surface area contributed by atoms with Gasteiger partial charge in [-0.25, -0.2) is 4.98 Å². The van der Waals surface area contributed by atoms with Gasteiger partial charge in [-0.05, 0) is 31.5 Å². The zero-order valence-corrected chi connectivity index (χ0v) is 11.6. The first-order valence-corrected chi connectivity index (χ1v) is 6.62. The summed E-state index contributed by atoms with van der Waals surface area (Å²) in [7, 11) is 0. The van der Waals surface area contributed by atoms with Crippen molar-refractivity contribution in [3.8, 4) is 0 Å². The summed E-state index contributed by atoms with van der Waals surface area (Å²) in [6, 6.07) is 3.75. The minimum atomic E-state index is -0.577. The van der Waals surface area contributed by atoms with Crippen LogP contribution in [-0.4, -0.2) is 16.3 Å². The Labute approximate surface area is 113 Å². The number of hydrogen-bond acceptors (Lipinski definition) is 3. The molecule has 0 aliphatic heterocycles. The summed E-state index contributed by atoms with van der Waals surface area (Å²) >= 11 is 13.1. The third-order valence-electron chi connectivity index (χ3n) is 2.26. The Morgan fingerprint density at radius 2 is 2.24 bits per heavy atom. The molecule has 1 aromatic heterocycles. The Hall–Kier alpha value is -0.840. The third kappa shape index (κ3) is 2.70. The van der Waals surface area contributed by atoms with Gasteiger partial charge in [-0.2, -0.15) is 0 Å². The van der Waals surface area contributed by atoms with E-state index in [1.54, 1.807) is 13.0 Å². The molecule has 0 aliphatic carbocycles. The number of anilines is 1. The Morgan fingerprint density at radius 1 is 1.53 bits per heavy atom. The molecule has 1 unspecified atom stereocenters. The van der Waals surface area contributed by atoms with Gasteiger partial charge in [0.25, 0.3) is 0 Å². The van der Waals surface area contributed by atoms with Crippen molar-refractivity contribution >= 4 is 55.8 Å². The largest absolute Gasteiger partial charge is 0.301 e. The lowest BCUT2D eigenvalue weighted by Gasteiger charge is -2.01. The van der Waals surface area contributed by atoms with Gasteiger partial charge in [-0.3, -0.25) is 4.79 Å². The van der Waals surface area contributed by atoms with Crippen LogP contribution in [-0.2, 0) is 4.79 Å². The minimum Gasteiger partial charge on any atom is -0.301 e. The molecular weight excluding hydrogens is 279 g/mol. The van der Waals surface area contributed by atoms with Crippen LogP contribution in [0.15, 0.2) is 12.1 Å². The Bertz CT molecular complexity index is 541. The third-order valence-corrected chi connectivity index (χ3v) is 3.80. The lowest BCUT2D eigenvalue weighted by Crippen LogP contribution is -2.19. The second-order valence-corrected chi connectivity index (χ2v) is 5.79. The minimum absolute atomic E-state index is 0.256. The molecule has 0 spiro atoms. The van der Waals surface area contributed by atoms with Crippen molar-refractivity contribution in [3.05, 3.63) is 22.7 Å². The van der Waals surface area contributed by atoms with Gasteiger partial charge < -0.3 is 5.32 Å². The molecule has 2 aromatic rings. The molecule has 1 heterocycles. The number of benzene rings is 1. The summed E-state index contributed by atoms with van der Waals surface area (Å²) in [5.74, 6) is -0.256. The first-order chi connectivity index (χ1) is 7.97. The number of carbonyl (C=O) groups is 1. The van der Waals surface area contributed by atoms with E-state index >= 15 is 0 Å². The lowest BCUT2D eigenvalue weighted by molar-refractivity contribution is -0.115. The highest BCUT2D eigenvalue weighted by Crippen LogP contribution is 2.30. The zero-order valence-electron chi connectivity index (χ0n) is 9.25. The second-order valence-electron chi connectivity index (χ2n) is 3.69. The number of thiazole rings is 1. The van der Waals surface area contributed by atoms with Crippen LogP contribution in [0.25, 0.3) is 10.2 Å². The Morgan fingerprint density at radius 3 is 2.88 bits per heavy atom. The molecule has 3 nitrogen and oxygen atoms in total. The van der Waals surface area contributed by atoms with Crippen LogP contribution in [0.1, 0.15) is 12.5 Å². The van der Waals surface area contributed by atoms with Crippen molar-refractivity contribution in [2.75, 3.05) is 5.32 Å². The molecule has 1 atom stereocenters. The van der Waals surface area contributed by atoms with Crippen molar-refractivity contribution in [1.29, 1.82) is 0 Å². The van der Waals surface area contributed by atoms with Crippen LogP contribution in [0.5, 0.6) is 0 Å². The summed E-state index contributed by atoms with van der Waals surface area (Å²) in [5, 5.41) is 3.30. The molecule has 0 radical (unpaired) electrons. The van der Waals surface area contributed by atoms with Crippen molar-refractivity contribution in [2.45, 2.75) is 19.2 Å². The zero-order chi connectivity index (χ0) is 12.6. The number of aromatic nitrogens is 1. The molecule has 6 heteroatoms. The van der Waals surface area contributed by atoms with Gasteiger partial charge in [-0.15, -0.1) is 11.6 Å². The van der Waals surface area contributed by atoms with Gasteiger partial charge >= 0.3 is 0 Å². The van der Waals surface area contributed by atoms with Crippen molar-refractivity contribution in [1.82, 2.24) is 4.98 Å². The predicted octanol–water partition coefficient (Wildman–Crippen LogP) is 3.82. The normalized spacial score (nSPS) is 12.7. The molecule has 0 fully saturated rings. The number of fused-ring (bicyclic) bond motifs is 1. The molecule has 2 rings (SSSR count). The van der Waals surface area contributed by atoms with E-state index in [9.17, 15) is 4.79 Å². The lowest BCUT2D eigenvalue weighted by atomic mass is 10.2. The molecule has 0 aliphatic rings. The highest BCUT2D eigenvalue weighted by Gasteiger charge is 2.12. The molecule has 1 aromatic carbocycles. The monoisotopic (exact) mass is 288 g/mol. The van der Waals surface area contributed by atoms with Crippen molar-refractivity contribution in [3.63, 3.8) is 0 Å². The average Bonchev–Trinajstić information content (AvgIpc) is 2.60. The van der Waals surface area contributed by atoms with Gasteiger partial charge in [0.2, 0.25) is 5.91 Å². The number of amides is 1. The average molecular weight is 289 g/mol. The summed E-state index contributed by atoms with van der Waals surface area (Å²) in [4.78, 5) is 15.7. The summed E-state index contributed by atoms with van der Waals surface area (Å²) in [5.41, 5.74) is 1.77. The van der Waals surface area contributed by atoms with E-state index in [4.69, 9.17) is 23.2 Å². The van der Waals surface area contributed by atoms with E-state index in [2.05, 4.69) is 10.3 Å². The molecular formula is C11H10Cl2N2OS. The van der Waals surface area contributed by atoms with E-state index in [1.807, 2.05) is 13.0 Å². The summed E-state index contributed by atoms with van der Waals surface area (Å²) < 4.78 is 0.990. The van der Waals surface area contributed by atoms with Crippen molar-refractivity contribution < 1.29 is 4.79 Å². The van der Waals surface area contributed by atoms with Crippen LogP contribution in [0.3, 0.4) is 0 Å². The first-order valence-electron chi connectivity index (χ1n) is 4.99. The van der Waals surface area contributed by atoms with Crippen LogP contribution in [0.2, 0.25) is 5.02 Å². The first kappa shape index (κ1) is 12.6. The van der Waals surface area contributed by atoms with E-state index < -0.39 is 5.38 Å². The maximum absolute atomic E-state index is 11.4. The number of nitrogens with one attached hydrogen (secondary N) is 1. The molecule has 0 saturated heterocycles. The van der Waals surface area contributed by atoms with Gasteiger partial charge in [0.05, 0.1) is 10.2 Å². The number of aryl methyl sites for hydroxylation is 1. The molecule has 90 valence electrons. The highest BCUT2D eigenvalue weighted by atomic mass is 35.5. The number of nitrogens with zero attached hydrogens (tertiary/aromatic N) is 1. The number of halogens is 2. The number of hydrogen-bond donors (Lipinski definition) is 1. The molecule has 17 heavy (non-hydrogen) atoms. The standard InChI is InChI=1S/C11H10Cl2N2OS/c1-5-3-9-8(4-7(5)13)14-11(17-9)15-10(16)6(2)12/h3-4,6H,1-2H3,(H,14,15,16). The van der Waals surface area contributed by atoms with E-state index in [0.29, 0.717) is 10.2 Å². The topological polar surface area (TPSA) is 42.0 Å². The highest BCUT2D eigenvalue weighted by molar-refractivity contribution is 7.22. The maximum atomic E-state index is 11.4. The number of rotatable bonds is 2. The fourth-order valence-electron chi connectivity index (χ4n) is 1.31. The van der Waals surface area contributed by atoms with E-state index in [-0.39, 0.29) is 5.91 Å². The van der Waals surface area contributed by atoms with E-state index in [0.717, 1.165) is 15.8 Å². The molecule has 0 bridgehead atoms. The van der Waals surface area contributed by atoms with Gasteiger partial charge in [-0.1, -0.05) is 22.9 Å². The smallest absolute Gasteiger partial charge is 0.243 e. The van der Waals surface area contributed by atoms with Crippen LogP contribution in [0, 0.1) is 6.92 Å². The van der Waals surface area contributed by atoms with Gasteiger partial charge in [0.15, 0.2) is 5.13 Å². The SMILES string of the molecule is Cc1cc2sc(NC(=O)C(C)Cl)nc2cc1Cl.